The van der Waals surface area contributed by atoms with Crippen LogP contribution in [0.2, 0.25) is 0 Å². The van der Waals surface area contributed by atoms with Gasteiger partial charge in [-0.1, -0.05) is 158 Å². The van der Waals surface area contributed by atoms with Gasteiger partial charge in [0.25, 0.3) is 0 Å². The third-order valence-corrected chi connectivity index (χ3v) is 10.0. The van der Waals surface area contributed by atoms with Crippen LogP contribution in [0, 0.1) is 0 Å². The van der Waals surface area contributed by atoms with Crippen LogP contribution in [-0.4, -0.2) is 24.3 Å². The summed E-state index contributed by atoms with van der Waals surface area (Å²) in [7, 11) is 0. The first-order valence-corrected chi connectivity index (χ1v) is 18.4. The quantitative estimate of drug-likeness (QED) is 0.166. The van der Waals surface area contributed by atoms with Crippen LogP contribution in [-0.2, 0) is 0 Å². The molecule has 5 heteroatoms. The van der Waals surface area contributed by atoms with Gasteiger partial charge in [-0.2, -0.15) is 0 Å². The van der Waals surface area contributed by atoms with Crippen molar-refractivity contribution in [2.45, 2.75) is 0 Å². The Balaban J connectivity index is 1.20. The normalized spacial score (nSPS) is 11.3. The summed E-state index contributed by atoms with van der Waals surface area (Å²) in [5.74, 6) is 1.87. The van der Waals surface area contributed by atoms with Crippen molar-refractivity contribution in [1.82, 2.24) is 24.3 Å². The molecule has 3 heterocycles. The first-order valence-electron chi connectivity index (χ1n) is 18.4. The molecule has 0 aliphatic carbocycles. The van der Waals surface area contributed by atoms with Crippen molar-refractivity contribution in [3.63, 3.8) is 0 Å². The van der Waals surface area contributed by atoms with E-state index in [4.69, 9.17) is 19.9 Å². The molecule has 5 nitrogen and oxygen atoms in total. The lowest BCUT2D eigenvalue weighted by atomic mass is 9.92. The number of fused-ring (bicyclic) bond motifs is 2. The van der Waals surface area contributed by atoms with Crippen LogP contribution in [0.25, 0.3) is 95.4 Å². The van der Waals surface area contributed by atoms with Gasteiger partial charge in [0.05, 0.1) is 11.4 Å². The first kappa shape index (κ1) is 32.2. The highest BCUT2D eigenvalue weighted by Gasteiger charge is 2.19. The molecule has 7 aromatic carbocycles. The highest BCUT2D eigenvalue weighted by atomic mass is 15.0. The van der Waals surface area contributed by atoms with Gasteiger partial charge in [-0.25, -0.2) is 19.9 Å². The Morgan fingerprint density at radius 1 is 0.327 bits per heavy atom. The van der Waals surface area contributed by atoms with Crippen molar-refractivity contribution < 1.29 is 0 Å². The molecule has 0 unspecified atom stereocenters. The second kappa shape index (κ2) is 13.8. The largest absolute Gasteiger partial charge is 0.299 e. The molecule has 0 bridgehead atoms. The van der Waals surface area contributed by atoms with Crippen molar-refractivity contribution in [2.24, 2.45) is 0 Å². The summed E-state index contributed by atoms with van der Waals surface area (Å²) >= 11 is 0. The number of pyridine rings is 1. The fraction of sp³-hybridized carbons (Fsp3) is 0. The maximum absolute atomic E-state index is 5.14. The lowest BCUT2D eigenvalue weighted by Crippen LogP contribution is -2.00. The summed E-state index contributed by atoms with van der Waals surface area (Å²) in [6, 6.07) is 67.3. The molecule has 10 rings (SSSR count). The number of rotatable bonds is 7. The Morgan fingerprint density at radius 2 is 0.836 bits per heavy atom. The molecule has 0 aliphatic rings. The second-order valence-corrected chi connectivity index (χ2v) is 13.5. The minimum atomic E-state index is 0.611. The molecule has 0 saturated heterocycles. The maximum atomic E-state index is 5.14. The molecule has 0 aliphatic heterocycles. The van der Waals surface area contributed by atoms with E-state index in [0.29, 0.717) is 17.5 Å². The van der Waals surface area contributed by atoms with E-state index in [1.807, 2.05) is 72.8 Å². The lowest BCUT2D eigenvalue weighted by Gasteiger charge is -2.14. The van der Waals surface area contributed by atoms with Crippen molar-refractivity contribution in [2.75, 3.05) is 0 Å². The molecule has 10 aromatic rings. The van der Waals surface area contributed by atoms with E-state index in [1.54, 1.807) is 0 Å². The van der Waals surface area contributed by atoms with E-state index in [9.17, 15) is 0 Å². The lowest BCUT2D eigenvalue weighted by molar-refractivity contribution is 1.07. The first-order chi connectivity index (χ1) is 27.2. The highest BCUT2D eigenvalue weighted by Crippen LogP contribution is 2.39. The van der Waals surface area contributed by atoms with Crippen molar-refractivity contribution in [1.29, 1.82) is 0 Å². The Hall–Kier alpha value is -7.50. The fourth-order valence-electron chi connectivity index (χ4n) is 7.41. The van der Waals surface area contributed by atoms with E-state index in [0.717, 1.165) is 67.1 Å². The summed E-state index contributed by atoms with van der Waals surface area (Å²) in [5.41, 5.74) is 12.2. The molecular weight excluding hydrogens is 671 g/mol. The summed E-state index contributed by atoms with van der Waals surface area (Å²) in [5, 5.41) is 2.37. The summed E-state index contributed by atoms with van der Waals surface area (Å²) in [6.07, 6.45) is 2.09. The van der Waals surface area contributed by atoms with Gasteiger partial charge in [-0.05, 0) is 69.4 Å². The molecule has 0 N–H and O–H groups in total. The summed E-state index contributed by atoms with van der Waals surface area (Å²) < 4.78 is 2.18. The Labute approximate surface area is 319 Å². The van der Waals surface area contributed by atoms with Gasteiger partial charge in [0.1, 0.15) is 5.65 Å². The van der Waals surface area contributed by atoms with Crippen molar-refractivity contribution in [3.8, 4) is 78.9 Å². The van der Waals surface area contributed by atoms with E-state index in [-0.39, 0.29) is 0 Å². The Bertz CT molecular complexity index is 2910. The topological polar surface area (TPSA) is 56.0 Å². The van der Waals surface area contributed by atoms with E-state index >= 15 is 0 Å². The average Bonchev–Trinajstić information content (AvgIpc) is 3.67. The van der Waals surface area contributed by atoms with Gasteiger partial charge < -0.3 is 0 Å². The monoisotopic (exact) mass is 703 g/mol. The molecule has 0 atom stereocenters. The van der Waals surface area contributed by atoms with E-state index in [1.165, 1.54) is 10.8 Å². The van der Waals surface area contributed by atoms with Gasteiger partial charge in [-0.15, -0.1) is 0 Å². The number of imidazole rings is 1. The standard InChI is InChI=1S/C50H33N5/c1-4-17-35(18-5-1)46-47(55-29-13-12-28-45(55)51-46)39-25-14-24-38(30-39)40-31-41(44-27-15-23-34-16-10-11-26-43(34)44)33-42(32-40)50-53-48(36-19-6-2-7-20-36)52-49(54-50)37-21-8-3-9-22-37/h1-33H. The SMILES string of the molecule is c1ccc(-c2nc(-c3ccccc3)nc(-c3cc(-c4cccc(-c5c(-c6ccccc6)nc6ccccn56)c4)cc(-c4cccc5ccccc45)c3)n2)cc1. The third kappa shape index (κ3) is 6.14. The third-order valence-electron chi connectivity index (χ3n) is 10.0. The smallest absolute Gasteiger partial charge is 0.164 e. The highest BCUT2D eigenvalue weighted by molar-refractivity contribution is 5.98. The van der Waals surface area contributed by atoms with Gasteiger partial charge in [0.2, 0.25) is 0 Å². The number of benzene rings is 7. The predicted octanol–water partition coefficient (Wildman–Crippen LogP) is 12.3. The fourth-order valence-corrected chi connectivity index (χ4v) is 7.41. The van der Waals surface area contributed by atoms with Crippen LogP contribution in [0.3, 0.4) is 0 Å². The van der Waals surface area contributed by atoms with Crippen molar-refractivity contribution in [3.05, 3.63) is 200 Å². The average molecular weight is 704 g/mol. The van der Waals surface area contributed by atoms with E-state index < -0.39 is 0 Å². The van der Waals surface area contributed by atoms with Crippen LogP contribution in [0.1, 0.15) is 0 Å². The van der Waals surface area contributed by atoms with Gasteiger partial charge in [-0.3, -0.25) is 4.40 Å². The van der Waals surface area contributed by atoms with Gasteiger partial charge in [0, 0.05) is 34.0 Å². The molecule has 55 heavy (non-hydrogen) atoms. The van der Waals surface area contributed by atoms with Gasteiger partial charge >= 0.3 is 0 Å². The van der Waals surface area contributed by atoms with Crippen LogP contribution >= 0.6 is 0 Å². The molecule has 0 fully saturated rings. The van der Waals surface area contributed by atoms with Gasteiger partial charge in [0.15, 0.2) is 17.5 Å². The number of hydrogen-bond acceptors (Lipinski definition) is 4. The molecule has 0 radical (unpaired) electrons. The summed E-state index contributed by atoms with van der Waals surface area (Å²) in [4.78, 5) is 20.3. The zero-order valence-electron chi connectivity index (χ0n) is 29.8. The molecule has 0 amide bonds. The minimum absolute atomic E-state index is 0.611. The number of nitrogens with zero attached hydrogens (tertiary/aromatic N) is 5. The molecule has 3 aromatic heterocycles. The van der Waals surface area contributed by atoms with Crippen LogP contribution in [0.5, 0.6) is 0 Å². The van der Waals surface area contributed by atoms with Crippen molar-refractivity contribution >= 4 is 16.4 Å². The molecule has 0 spiro atoms. The van der Waals surface area contributed by atoms with E-state index in [2.05, 4.69) is 132 Å². The second-order valence-electron chi connectivity index (χ2n) is 13.5. The number of hydrogen-bond donors (Lipinski definition) is 0. The predicted molar refractivity (Wildman–Crippen MR) is 224 cm³/mol. The number of aromatic nitrogens is 5. The minimum Gasteiger partial charge on any atom is -0.299 e. The molecule has 0 saturated carbocycles. The van der Waals surface area contributed by atoms with Crippen LogP contribution < -0.4 is 0 Å². The zero-order valence-corrected chi connectivity index (χ0v) is 29.8. The summed E-state index contributed by atoms with van der Waals surface area (Å²) in [6.45, 7) is 0. The Morgan fingerprint density at radius 3 is 1.56 bits per heavy atom. The Kier molecular flexibility index (Phi) is 8.08. The molecule has 258 valence electrons. The zero-order chi connectivity index (χ0) is 36.6. The maximum Gasteiger partial charge on any atom is 0.164 e. The van der Waals surface area contributed by atoms with Crippen LogP contribution in [0.15, 0.2) is 200 Å². The molecular formula is C50H33N5. The van der Waals surface area contributed by atoms with Crippen LogP contribution in [0.4, 0.5) is 0 Å².